The van der Waals surface area contributed by atoms with Crippen molar-refractivity contribution in [2.45, 2.75) is 6.42 Å². The Balaban J connectivity index is 1.34. The fourth-order valence-electron chi connectivity index (χ4n) is 3.77. The van der Waals surface area contributed by atoms with E-state index < -0.39 is 29.2 Å². The second-order valence-electron chi connectivity index (χ2n) is 7.99. The number of non-ortho nitro benzene ring substituents is 1. The fourth-order valence-corrected chi connectivity index (χ4v) is 3.77. The number of hydrogen-bond acceptors (Lipinski definition) is 8. The summed E-state index contributed by atoms with van der Waals surface area (Å²) in [6.45, 7) is -0.463. The maximum Gasteiger partial charge on any atom is 0.311 e. The first-order valence-corrected chi connectivity index (χ1v) is 11.0. The van der Waals surface area contributed by atoms with Gasteiger partial charge in [-0.1, -0.05) is 24.3 Å². The Bertz CT molecular complexity index is 1310. The minimum absolute atomic E-state index is 0.0523. The number of nitrogens with zero attached hydrogens (tertiary/aromatic N) is 2. The molecule has 3 aromatic carbocycles. The minimum atomic E-state index is -0.736. The molecule has 10 heteroatoms. The van der Waals surface area contributed by atoms with Crippen LogP contribution in [0.15, 0.2) is 72.8 Å². The number of methoxy groups -OCH3 is 1. The first-order chi connectivity index (χ1) is 17.4. The van der Waals surface area contributed by atoms with Gasteiger partial charge < -0.3 is 19.1 Å². The highest BCUT2D eigenvalue weighted by molar-refractivity contribution is 6.01. The van der Waals surface area contributed by atoms with E-state index in [1.54, 1.807) is 43.5 Å². The molecule has 1 fully saturated rings. The van der Waals surface area contributed by atoms with Gasteiger partial charge in [0.15, 0.2) is 18.1 Å². The van der Waals surface area contributed by atoms with Crippen molar-refractivity contribution in [3.8, 4) is 17.2 Å². The van der Waals surface area contributed by atoms with Crippen LogP contribution in [0.2, 0.25) is 0 Å². The number of esters is 1. The quantitative estimate of drug-likeness (QED) is 0.189. The van der Waals surface area contributed by atoms with E-state index in [0.717, 1.165) is 6.07 Å². The molecule has 10 nitrogen and oxygen atoms in total. The molecule has 3 aromatic rings. The van der Waals surface area contributed by atoms with E-state index >= 15 is 0 Å². The predicted molar refractivity (Wildman–Crippen MR) is 128 cm³/mol. The largest absolute Gasteiger partial charge is 0.493 e. The summed E-state index contributed by atoms with van der Waals surface area (Å²) >= 11 is 0. The van der Waals surface area contributed by atoms with E-state index in [0.29, 0.717) is 22.9 Å². The molecule has 1 aliphatic rings. The minimum Gasteiger partial charge on any atom is -0.493 e. The highest BCUT2D eigenvalue weighted by atomic mass is 16.6. The third-order valence-corrected chi connectivity index (χ3v) is 5.63. The van der Waals surface area contributed by atoms with Gasteiger partial charge >= 0.3 is 5.97 Å². The van der Waals surface area contributed by atoms with Gasteiger partial charge in [-0.2, -0.15) is 0 Å². The lowest BCUT2D eigenvalue weighted by molar-refractivity contribution is -0.384. The van der Waals surface area contributed by atoms with Gasteiger partial charge in [-0.25, -0.2) is 0 Å². The topological polar surface area (TPSA) is 125 Å². The average Bonchev–Trinajstić information content (AvgIpc) is 3.29. The van der Waals surface area contributed by atoms with Gasteiger partial charge in [0.1, 0.15) is 5.75 Å². The van der Waals surface area contributed by atoms with E-state index in [1.165, 1.54) is 23.1 Å². The number of amides is 1. The number of carbonyl (C=O) groups excluding carboxylic acids is 3. The Morgan fingerprint density at radius 1 is 1.03 bits per heavy atom. The standard InChI is InChI=1S/C26H22N2O8/c1-34-23-7-2-3-8-24(23)36-21-11-9-19(10-12-21)27-15-18(14-25(27)30)26(31)35-16-22(29)17-5-4-6-20(13-17)28(32)33/h2-13,18H,14-16H2,1H3/t18-/m1/s1. The number of rotatable bonds is 9. The van der Waals surface area contributed by atoms with E-state index in [-0.39, 0.29) is 30.1 Å². The van der Waals surface area contributed by atoms with Crippen LogP contribution in [0.25, 0.3) is 0 Å². The number of anilines is 1. The van der Waals surface area contributed by atoms with Crippen LogP contribution in [0.1, 0.15) is 16.8 Å². The van der Waals surface area contributed by atoms with Crippen molar-refractivity contribution in [2.75, 3.05) is 25.2 Å². The number of para-hydroxylation sites is 2. The Hall–Kier alpha value is -4.73. The van der Waals surface area contributed by atoms with E-state index in [2.05, 4.69) is 0 Å². The fraction of sp³-hybridized carbons (Fsp3) is 0.192. The molecule has 0 bridgehead atoms. The summed E-state index contributed by atoms with van der Waals surface area (Å²) in [5, 5.41) is 10.9. The van der Waals surface area contributed by atoms with Crippen molar-refractivity contribution < 1.29 is 33.5 Å². The smallest absolute Gasteiger partial charge is 0.311 e. The Labute approximate surface area is 206 Å². The monoisotopic (exact) mass is 490 g/mol. The second kappa shape index (κ2) is 10.7. The molecule has 184 valence electrons. The summed E-state index contributed by atoms with van der Waals surface area (Å²) in [5.74, 6) is -0.556. The van der Waals surface area contributed by atoms with Crippen molar-refractivity contribution in [3.05, 3.63) is 88.5 Å². The first kappa shape index (κ1) is 24.4. The number of Topliss-reactive ketones (excluding diaryl/α,β-unsaturated/α-hetero) is 1. The zero-order chi connectivity index (χ0) is 25.7. The number of benzene rings is 3. The summed E-state index contributed by atoms with van der Waals surface area (Å²) in [4.78, 5) is 49.1. The van der Waals surface area contributed by atoms with Crippen molar-refractivity contribution in [2.24, 2.45) is 5.92 Å². The molecule has 1 heterocycles. The van der Waals surface area contributed by atoms with Crippen molar-refractivity contribution in [1.82, 2.24) is 0 Å². The molecule has 1 aliphatic heterocycles. The van der Waals surface area contributed by atoms with Crippen molar-refractivity contribution >= 4 is 29.0 Å². The molecular weight excluding hydrogens is 468 g/mol. The highest BCUT2D eigenvalue weighted by Gasteiger charge is 2.36. The Morgan fingerprint density at radius 2 is 1.75 bits per heavy atom. The summed E-state index contributed by atoms with van der Waals surface area (Å²) in [5.41, 5.74) is 0.426. The highest BCUT2D eigenvalue weighted by Crippen LogP contribution is 2.33. The number of hydrogen-bond donors (Lipinski definition) is 0. The molecule has 0 unspecified atom stereocenters. The third kappa shape index (κ3) is 5.49. The molecule has 36 heavy (non-hydrogen) atoms. The van der Waals surface area contributed by atoms with Crippen LogP contribution in [-0.2, 0) is 14.3 Å². The molecule has 0 aliphatic carbocycles. The molecule has 1 saturated heterocycles. The first-order valence-electron chi connectivity index (χ1n) is 11.0. The maximum absolute atomic E-state index is 12.5. The zero-order valence-electron chi connectivity index (χ0n) is 19.3. The maximum atomic E-state index is 12.5. The zero-order valence-corrected chi connectivity index (χ0v) is 19.3. The third-order valence-electron chi connectivity index (χ3n) is 5.63. The van der Waals surface area contributed by atoms with Crippen LogP contribution in [0.3, 0.4) is 0 Å². The molecule has 1 amide bonds. The van der Waals surface area contributed by atoms with Gasteiger partial charge in [0.2, 0.25) is 11.7 Å². The van der Waals surface area contributed by atoms with Crippen molar-refractivity contribution in [3.63, 3.8) is 0 Å². The lowest BCUT2D eigenvalue weighted by Gasteiger charge is -2.17. The van der Waals surface area contributed by atoms with Crippen LogP contribution in [0.5, 0.6) is 17.2 Å². The molecule has 0 spiro atoms. The van der Waals surface area contributed by atoms with E-state index in [1.807, 2.05) is 12.1 Å². The van der Waals surface area contributed by atoms with Gasteiger partial charge in [-0.05, 0) is 36.4 Å². The summed E-state index contributed by atoms with van der Waals surface area (Å²) in [6, 6.07) is 19.2. The molecule has 0 aromatic heterocycles. The normalized spacial score (nSPS) is 14.9. The predicted octanol–water partition coefficient (Wildman–Crippen LogP) is 4.17. The SMILES string of the molecule is COc1ccccc1Oc1ccc(N2C[C@H](C(=O)OCC(=O)c3cccc([N+](=O)[O-])c3)CC2=O)cc1. The molecule has 0 N–H and O–H groups in total. The lowest BCUT2D eigenvalue weighted by Crippen LogP contribution is -2.27. The number of carbonyl (C=O) groups is 3. The number of nitro groups is 1. The van der Waals surface area contributed by atoms with Gasteiger partial charge in [0.25, 0.3) is 5.69 Å². The summed E-state index contributed by atoms with van der Waals surface area (Å²) in [6.07, 6.45) is -0.0523. The van der Waals surface area contributed by atoms with E-state index in [9.17, 15) is 24.5 Å². The number of ether oxygens (including phenoxy) is 3. The van der Waals surface area contributed by atoms with Gasteiger partial charge in [0.05, 0.1) is 18.0 Å². The van der Waals surface area contributed by atoms with Crippen LogP contribution in [0.4, 0.5) is 11.4 Å². The van der Waals surface area contributed by atoms with E-state index in [4.69, 9.17) is 14.2 Å². The molecule has 4 rings (SSSR count). The molecule has 1 atom stereocenters. The van der Waals surface area contributed by atoms with Gasteiger partial charge in [-0.15, -0.1) is 0 Å². The molecular formula is C26H22N2O8. The van der Waals surface area contributed by atoms with Crippen LogP contribution >= 0.6 is 0 Å². The second-order valence-corrected chi connectivity index (χ2v) is 7.99. The van der Waals surface area contributed by atoms with Crippen LogP contribution in [-0.4, -0.2) is 42.8 Å². The van der Waals surface area contributed by atoms with Crippen LogP contribution < -0.4 is 14.4 Å². The van der Waals surface area contributed by atoms with Crippen LogP contribution in [0, 0.1) is 16.0 Å². The van der Waals surface area contributed by atoms with Gasteiger partial charge in [-0.3, -0.25) is 24.5 Å². The summed E-state index contributed by atoms with van der Waals surface area (Å²) in [7, 11) is 1.55. The molecule has 0 saturated carbocycles. The Kier molecular flexibility index (Phi) is 7.24. The molecule has 0 radical (unpaired) electrons. The number of nitro benzene ring substituents is 1. The lowest BCUT2D eigenvalue weighted by atomic mass is 10.1. The Morgan fingerprint density at radius 3 is 2.44 bits per heavy atom. The van der Waals surface area contributed by atoms with Crippen molar-refractivity contribution in [1.29, 1.82) is 0 Å². The number of ketones is 1. The average molecular weight is 490 g/mol. The summed E-state index contributed by atoms with van der Waals surface area (Å²) < 4.78 is 16.2. The van der Waals surface area contributed by atoms with Gasteiger partial charge in [0, 0.05) is 36.3 Å².